The first-order valence-electron chi connectivity index (χ1n) is 6.21. The van der Waals surface area contributed by atoms with Crippen LogP contribution in [0.4, 0.5) is 4.79 Å². The molecule has 0 bridgehead atoms. The minimum Gasteiger partial charge on any atom is -0.444 e. The van der Waals surface area contributed by atoms with E-state index >= 15 is 0 Å². The van der Waals surface area contributed by atoms with E-state index in [1.165, 1.54) is 0 Å². The molecule has 106 valence electrons. The van der Waals surface area contributed by atoms with Gasteiger partial charge in [0.2, 0.25) is 0 Å². The highest BCUT2D eigenvalue weighted by Gasteiger charge is 2.18. The number of aromatic nitrogens is 2. The van der Waals surface area contributed by atoms with Gasteiger partial charge in [-0.05, 0) is 26.8 Å². The van der Waals surface area contributed by atoms with E-state index in [1.807, 2.05) is 13.1 Å². The molecule has 0 aromatic carbocycles. The van der Waals surface area contributed by atoms with E-state index in [-0.39, 0.29) is 12.5 Å². The molecule has 1 heterocycles. The van der Waals surface area contributed by atoms with Gasteiger partial charge in [0.1, 0.15) is 11.9 Å². The van der Waals surface area contributed by atoms with Crippen LogP contribution in [0.1, 0.15) is 26.5 Å². The fourth-order valence-corrected chi connectivity index (χ4v) is 1.57. The molecular weight excluding hydrogens is 246 g/mol. The third-order valence-electron chi connectivity index (χ3n) is 2.49. The Hall–Kier alpha value is -1.85. The van der Waals surface area contributed by atoms with Gasteiger partial charge in [0.05, 0.1) is 0 Å². The van der Waals surface area contributed by atoms with Crippen molar-refractivity contribution in [1.82, 2.24) is 15.1 Å². The maximum atomic E-state index is 11.5. The van der Waals surface area contributed by atoms with Crippen LogP contribution in [0.25, 0.3) is 0 Å². The Bertz CT molecular complexity index is 435. The summed E-state index contributed by atoms with van der Waals surface area (Å²) >= 11 is 0. The van der Waals surface area contributed by atoms with Crippen molar-refractivity contribution in [1.29, 1.82) is 0 Å². The quantitative estimate of drug-likeness (QED) is 0.816. The zero-order valence-corrected chi connectivity index (χ0v) is 11.8. The lowest BCUT2D eigenvalue weighted by atomic mass is 10.1. The Morgan fingerprint density at radius 3 is 2.74 bits per heavy atom. The lowest BCUT2D eigenvalue weighted by Crippen LogP contribution is -2.36. The second-order valence-electron chi connectivity index (χ2n) is 5.43. The molecule has 0 aliphatic carbocycles. The zero-order valence-electron chi connectivity index (χ0n) is 11.8. The number of aryl methyl sites for hydroxylation is 1. The predicted molar refractivity (Wildman–Crippen MR) is 70.7 cm³/mol. The van der Waals surface area contributed by atoms with Crippen LogP contribution in [0, 0.1) is 5.92 Å². The van der Waals surface area contributed by atoms with Gasteiger partial charge in [0.15, 0.2) is 0 Å². The van der Waals surface area contributed by atoms with Crippen molar-refractivity contribution in [3.63, 3.8) is 0 Å². The van der Waals surface area contributed by atoms with Crippen molar-refractivity contribution in [2.75, 3.05) is 6.54 Å². The van der Waals surface area contributed by atoms with Crippen LogP contribution in [0.3, 0.4) is 0 Å². The van der Waals surface area contributed by atoms with Gasteiger partial charge in [-0.2, -0.15) is 5.10 Å². The Morgan fingerprint density at radius 2 is 2.26 bits per heavy atom. The molecule has 0 aliphatic heterocycles. The van der Waals surface area contributed by atoms with Gasteiger partial charge in [-0.25, -0.2) is 4.79 Å². The fourth-order valence-electron chi connectivity index (χ4n) is 1.57. The first-order chi connectivity index (χ1) is 8.81. The molecule has 6 heteroatoms. The summed E-state index contributed by atoms with van der Waals surface area (Å²) in [5.74, 6) is -0.289. The van der Waals surface area contributed by atoms with E-state index in [9.17, 15) is 9.59 Å². The highest BCUT2D eigenvalue weighted by atomic mass is 16.6. The monoisotopic (exact) mass is 267 g/mol. The smallest absolute Gasteiger partial charge is 0.407 e. The van der Waals surface area contributed by atoms with E-state index in [2.05, 4.69) is 10.4 Å². The summed E-state index contributed by atoms with van der Waals surface area (Å²) < 4.78 is 6.82. The minimum absolute atomic E-state index is 0.254. The Balaban J connectivity index is 2.43. The number of hydrogen-bond acceptors (Lipinski definition) is 4. The lowest BCUT2D eigenvalue weighted by molar-refractivity contribution is -0.110. The van der Waals surface area contributed by atoms with Crippen LogP contribution in [0.2, 0.25) is 0 Å². The normalized spacial score (nSPS) is 12.8. The van der Waals surface area contributed by atoms with Gasteiger partial charge in [-0.1, -0.05) is 0 Å². The Kier molecular flexibility index (Phi) is 5.09. The Labute approximate surface area is 113 Å². The summed E-state index contributed by atoms with van der Waals surface area (Å²) in [6.45, 7) is 5.63. The number of carbonyl (C=O) groups is 2. The number of nitrogens with zero attached hydrogens (tertiary/aromatic N) is 2. The van der Waals surface area contributed by atoms with Crippen molar-refractivity contribution in [3.8, 4) is 0 Å². The van der Waals surface area contributed by atoms with Crippen LogP contribution in [-0.4, -0.2) is 34.3 Å². The van der Waals surface area contributed by atoms with Gasteiger partial charge in [0.25, 0.3) is 0 Å². The Morgan fingerprint density at radius 1 is 1.58 bits per heavy atom. The van der Waals surface area contributed by atoms with Crippen LogP contribution in [-0.2, 0) is 23.0 Å². The van der Waals surface area contributed by atoms with E-state index in [1.54, 1.807) is 31.6 Å². The van der Waals surface area contributed by atoms with Crippen molar-refractivity contribution < 1.29 is 14.3 Å². The molecule has 1 aromatic heterocycles. The number of nitrogens with one attached hydrogen (secondary N) is 1. The van der Waals surface area contributed by atoms with Crippen LogP contribution in [0.15, 0.2) is 12.3 Å². The van der Waals surface area contributed by atoms with Crippen molar-refractivity contribution in [3.05, 3.63) is 18.0 Å². The van der Waals surface area contributed by atoms with E-state index in [4.69, 9.17) is 4.74 Å². The van der Waals surface area contributed by atoms with Gasteiger partial charge in [-0.15, -0.1) is 0 Å². The van der Waals surface area contributed by atoms with Gasteiger partial charge in [0, 0.05) is 37.8 Å². The lowest BCUT2D eigenvalue weighted by Gasteiger charge is -2.20. The summed E-state index contributed by atoms with van der Waals surface area (Å²) in [5, 5.41) is 6.64. The maximum absolute atomic E-state index is 11.5. The number of aldehydes is 1. The van der Waals surface area contributed by atoms with Crippen LogP contribution in [0.5, 0.6) is 0 Å². The maximum Gasteiger partial charge on any atom is 0.407 e. The summed E-state index contributed by atoms with van der Waals surface area (Å²) in [6, 6.07) is 1.85. The summed E-state index contributed by atoms with van der Waals surface area (Å²) in [5.41, 5.74) is 0.408. The molecule has 1 amide bonds. The molecular formula is C13H21N3O3. The largest absolute Gasteiger partial charge is 0.444 e. The summed E-state index contributed by atoms with van der Waals surface area (Å²) in [7, 11) is 1.82. The molecule has 0 saturated heterocycles. The van der Waals surface area contributed by atoms with Gasteiger partial charge in [-0.3, -0.25) is 4.68 Å². The molecule has 1 rings (SSSR count). The summed E-state index contributed by atoms with van der Waals surface area (Å²) in [6.07, 6.45) is 2.54. The van der Waals surface area contributed by atoms with Gasteiger partial charge < -0.3 is 14.8 Å². The average Bonchev–Trinajstić information content (AvgIpc) is 2.67. The van der Waals surface area contributed by atoms with Crippen LogP contribution >= 0.6 is 0 Å². The first kappa shape index (κ1) is 15.2. The van der Waals surface area contributed by atoms with E-state index in [0.29, 0.717) is 6.42 Å². The van der Waals surface area contributed by atoms with E-state index < -0.39 is 11.7 Å². The van der Waals surface area contributed by atoms with Crippen molar-refractivity contribution in [2.45, 2.75) is 32.8 Å². The number of carbonyl (C=O) groups excluding carboxylic acids is 2. The number of alkyl carbamates (subject to hydrolysis) is 1. The SMILES string of the molecule is Cn1nccc1C[C@@H](C=O)CNC(=O)OC(C)(C)C. The highest BCUT2D eigenvalue weighted by Crippen LogP contribution is 2.08. The first-order valence-corrected chi connectivity index (χ1v) is 6.21. The molecule has 0 unspecified atom stereocenters. The molecule has 19 heavy (non-hydrogen) atoms. The second kappa shape index (κ2) is 6.36. The number of hydrogen-bond donors (Lipinski definition) is 1. The predicted octanol–water partition coefficient (Wildman–Crippen LogP) is 1.30. The topological polar surface area (TPSA) is 73.2 Å². The fraction of sp³-hybridized carbons (Fsp3) is 0.615. The molecule has 0 radical (unpaired) electrons. The summed E-state index contributed by atoms with van der Waals surface area (Å²) in [4.78, 5) is 22.5. The standard InChI is InChI=1S/C13H21N3O3/c1-13(2,3)19-12(18)14-8-10(9-17)7-11-5-6-15-16(11)4/h5-6,9-10H,7-8H2,1-4H3,(H,14,18)/t10-/m1/s1. The number of ether oxygens (including phenoxy) is 1. The molecule has 6 nitrogen and oxygen atoms in total. The second-order valence-corrected chi connectivity index (χ2v) is 5.43. The molecule has 0 spiro atoms. The van der Waals surface area contributed by atoms with Gasteiger partial charge >= 0.3 is 6.09 Å². The third kappa shape index (κ3) is 5.54. The average molecular weight is 267 g/mol. The van der Waals surface area contributed by atoms with Crippen molar-refractivity contribution in [2.24, 2.45) is 13.0 Å². The van der Waals surface area contributed by atoms with Crippen molar-refractivity contribution >= 4 is 12.4 Å². The minimum atomic E-state index is -0.539. The molecule has 1 aromatic rings. The van der Waals surface area contributed by atoms with Crippen LogP contribution < -0.4 is 5.32 Å². The molecule has 0 saturated carbocycles. The molecule has 1 N–H and O–H groups in total. The third-order valence-corrected chi connectivity index (χ3v) is 2.49. The highest BCUT2D eigenvalue weighted by molar-refractivity contribution is 5.68. The number of amides is 1. The zero-order chi connectivity index (χ0) is 14.5. The molecule has 1 atom stereocenters. The number of rotatable bonds is 5. The molecule has 0 aliphatic rings. The van der Waals surface area contributed by atoms with E-state index in [0.717, 1.165) is 12.0 Å². The molecule has 0 fully saturated rings.